The Bertz CT molecular complexity index is 832. The molecule has 8 nitrogen and oxygen atoms in total. The van der Waals surface area contributed by atoms with Crippen LogP contribution in [0.25, 0.3) is 0 Å². The molecule has 2 rings (SSSR count). The maximum Gasteiger partial charge on any atom is 0.408 e. The molecule has 2 atom stereocenters. The first-order chi connectivity index (χ1) is 14.4. The zero-order valence-corrected chi connectivity index (χ0v) is 19.0. The Morgan fingerprint density at radius 3 is 2.58 bits per heavy atom. The van der Waals surface area contributed by atoms with Gasteiger partial charge in [-0.2, -0.15) is 0 Å². The smallest absolute Gasteiger partial charge is 0.408 e. The predicted molar refractivity (Wildman–Crippen MR) is 111 cm³/mol. The van der Waals surface area contributed by atoms with Crippen LogP contribution in [0.4, 0.5) is 13.6 Å². The lowest BCUT2D eigenvalue weighted by Crippen LogP contribution is -2.60. The third-order valence-corrected chi connectivity index (χ3v) is 4.87. The molecule has 31 heavy (non-hydrogen) atoms. The Morgan fingerprint density at radius 1 is 1.32 bits per heavy atom. The van der Waals surface area contributed by atoms with Crippen molar-refractivity contribution in [3.8, 4) is 0 Å². The molecule has 2 unspecified atom stereocenters. The van der Waals surface area contributed by atoms with E-state index in [0.29, 0.717) is 22.9 Å². The Kier molecular flexibility index (Phi) is 8.35. The van der Waals surface area contributed by atoms with Gasteiger partial charge in [-0.05, 0) is 57.4 Å². The van der Waals surface area contributed by atoms with Crippen LogP contribution in [0.15, 0.2) is 22.7 Å². The highest BCUT2D eigenvalue weighted by atomic mass is 79.9. The quantitative estimate of drug-likeness (QED) is 0.546. The average Bonchev–Trinajstić information content (AvgIpc) is 2.65. The number of ether oxygens (including phenoxy) is 1. The number of carbonyl (C=O) groups excluding carboxylic acids is 2. The van der Waals surface area contributed by atoms with Crippen molar-refractivity contribution < 1.29 is 33.0 Å². The number of hydrogen-bond acceptors (Lipinski definition) is 5. The van der Waals surface area contributed by atoms with E-state index in [4.69, 9.17) is 4.74 Å². The summed E-state index contributed by atoms with van der Waals surface area (Å²) in [6.45, 7) is 5.23. The highest BCUT2D eigenvalue weighted by Crippen LogP contribution is 2.25. The van der Waals surface area contributed by atoms with Gasteiger partial charge in [0, 0.05) is 23.0 Å². The summed E-state index contributed by atoms with van der Waals surface area (Å²) in [7, 11) is 0. The van der Waals surface area contributed by atoms with Crippen molar-refractivity contribution in [3.63, 3.8) is 0 Å². The zero-order valence-electron chi connectivity index (χ0n) is 17.5. The Morgan fingerprint density at radius 2 is 2.00 bits per heavy atom. The molecule has 1 fully saturated rings. The normalized spacial score (nSPS) is 17.9. The van der Waals surface area contributed by atoms with Crippen LogP contribution in [0.1, 0.15) is 51.2 Å². The number of halogens is 3. The van der Waals surface area contributed by atoms with Crippen molar-refractivity contribution in [3.05, 3.63) is 33.8 Å². The molecule has 1 aromatic rings. The maximum absolute atomic E-state index is 13.2. The second-order valence-corrected chi connectivity index (χ2v) is 9.16. The second kappa shape index (κ2) is 10.4. The number of alkyl halides is 2. The van der Waals surface area contributed by atoms with Crippen LogP contribution in [0.5, 0.6) is 0 Å². The molecule has 0 aliphatic carbocycles. The van der Waals surface area contributed by atoms with E-state index in [1.165, 1.54) is 12.1 Å². The van der Waals surface area contributed by atoms with E-state index in [0.717, 1.165) is 5.01 Å². The third kappa shape index (κ3) is 7.73. The number of amides is 2. The minimum absolute atomic E-state index is 0.0901. The fourth-order valence-corrected chi connectivity index (χ4v) is 3.67. The van der Waals surface area contributed by atoms with Crippen LogP contribution in [0.2, 0.25) is 0 Å². The van der Waals surface area contributed by atoms with Crippen LogP contribution in [0.3, 0.4) is 0 Å². The van der Waals surface area contributed by atoms with Crippen molar-refractivity contribution in [1.29, 1.82) is 0 Å². The van der Waals surface area contributed by atoms with E-state index in [-0.39, 0.29) is 18.5 Å². The number of carbonyl (C=O) groups is 3. The molecule has 0 aromatic heterocycles. The van der Waals surface area contributed by atoms with Crippen molar-refractivity contribution >= 4 is 33.9 Å². The summed E-state index contributed by atoms with van der Waals surface area (Å²) in [5, 5.41) is 12.9. The van der Waals surface area contributed by atoms with Crippen LogP contribution < -0.4 is 10.7 Å². The van der Waals surface area contributed by atoms with E-state index in [1.807, 2.05) is 0 Å². The standard InChI is InChI=1S/C20H26BrF2N3O5/c1-20(2,3)31-19(30)24-15(9-11-7-12(16(22)23)10-13(21)8-11)17(27)26-6-4-5-14(25-26)18(28)29/h7-8,10,14-16,25H,4-6,9H2,1-3H3,(H,24,30)(H,28,29). The van der Waals surface area contributed by atoms with Gasteiger partial charge in [0.25, 0.3) is 12.3 Å². The minimum atomic E-state index is -2.70. The number of hydrogen-bond donors (Lipinski definition) is 3. The lowest BCUT2D eigenvalue weighted by molar-refractivity contribution is -0.147. The summed E-state index contributed by atoms with van der Waals surface area (Å²) < 4.78 is 32.0. The molecular formula is C20H26BrF2N3O5. The molecule has 0 radical (unpaired) electrons. The Labute approximate surface area is 187 Å². The first-order valence-corrected chi connectivity index (χ1v) is 10.5. The van der Waals surface area contributed by atoms with Crippen molar-refractivity contribution in [2.45, 2.75) is 64.1 Å². The summed E-state index contributed by atoms with van der Waals surface area (Å²) >= 11 is 3.18. The molecule has 2 amide bonds. The minimum Gasteiger partial charge on any atom is -0.480 e. The summed E-state index contributed by atoms with van der Waals surface area (Å²) in [5.74, 6) is -1.68. The number of alkyl carbamates (subject to hydrolysis) is 1. The molecule has 1 aromatic carbocycles. The van der Waals surface area contributed by atoms with Crippen molar-refractivity contribution in [2.24, 2.45) is 0 Å². The number of carboxylic acids is 1. The number of aliphatic carboxylic acids is 1. The van der Waals surface area contributed by atoms with E-state index in [1.54, 1.807) is 26.8 Å². The summed E-state index contributed by atoms with van der Waals surface area (Å²) in [6, 6.07) is 2.02. The monoisotopic (exact) mass is 505 g/mol. The molecule has 0 bridgehead atoms. The third-order valence-electron chi connectivity index (χ3n) is 4.41. The van der Waals surface area contributed by atoms with Gasteiger partial charge in [-0.25, -0.2) is 19.0 Å². The number of nitrogens with one attached hydrogen (secondary N) is 2. The van der Waals surface area contributed by atoms with Crippen LogP contribution >= 0.6 is 15.9 Å². The molecule has 0 saturated carbocycles. The number of carboxylic acid groups (broad SMARTS) is 1. The first kappa shape index (κ1) is 25.0. The first-order valence-electron chi connectivity index (χ1n) is 9.73. The Balaban J connectivity index is 2.27. The lowest BCUT2D eigenvalue weighted by Gasteiger charge is -2.34. The van der Waals surface area contributed by atoms with Crippen LogP contribution in [0, 0.1) is 0 Å². The zero-order chi connectivity index (χ0) is 23.3. The van der Waals surface area contributed by atoms with E-state index in [2.05, 4.69) is 26.7 Å². The van der Waals surface area contributed by atoms with Gasteiger partial charge in [-0.1, -0.05) is 15.9 Å². The van der Waals surface area contributed by atoms with Crippen LogP contribution in [-0.2, 0) is 20.7 Å². The topological polar surface area (TPSA) is 108 Å². The fourth-order valence-electron chi connectivity index (χ4n) is 3.12. The van der Waals surface area contributed by atoms with E-state index >= 15 is 0 Å². The summed E-state index contributed by atoms with van der Waals surface area (Å²) in [4.78, 5) is 36.7. The predicted octanol–water partition coefficient (Wildman–Crippen LogP) is 3.40. The molecule has 1 aliphatic rings. The molecular weight excluding hydrogens is 480 g/mol. The van der Waals surface area contributed by atoms with Gasteiger partial charge in [0.15, 0.2) is 0 Å². The fraction of sp³-hybridized carbons (Fsp3) is 0.550. The van der Waals surface area contributed by atoms with E-state index < -0.39 is 42.1 Å². The largest absolute Gasteiger partial charge is 0.480 e. The molecule has 1 aliphatic heterocycles. The molecule has 1 heterocycles. The van der Waals surface area contributed by atoms with Gasteiger partial charge in [-0.15, -0.1) is 0 Å². The van der Waals surface area contributed by atoms with Crippen molar-refractivity contribution in [1.82, 2.24) is 15.8 Å². The molecule has 11 heteroatoms. The number of benzene rings is 1. The molecule has 1 saturated heterocycles. The number of rotatable bonds is 6. The van der Waals surface area contributed by atoms with Gasteiger partial charge in [0.2, 0.25) is 0 Å². The van der Waals surface area contributed by atoms with Crippen LogP contribution in [-0.4, -0.2) is 52.3 Å². The van der Waals surface area contributed by atoms with Gasteiger partial charge in [0.1, 0.15) is 17.7 Å². The molecule has 172 valence electrons. The summed E-state index contributed by atoms with van der Waals surface area (Å²) in [5.41, 5.74) is 2.00. The number of hydrazine groups is 1. The van der Waals surface area contributed by atoms with Gasteiger partial charge in [0.05, 0.1) is 0 Å². The highest BCUT2D eigenvalue weighted by Gasteiger charge is 2.33. The Hall–Kier alpha value is -2.27. The average molecular weight is 506 g/mol. The van der Waals surface area contributed by atoms with Crippen molar-refractivity contribution in [2.75, 3.05) is 6.54 Å². The lowest BCUT2D eigenvalue weighted by atomic mass is 10.0. The van der Waals surface area contributed by atoms with Gasteiger partial charge in [-0.3, -0.25) is 14.6 Å². The van der Waals surface area contributed by atoms with E-state index in [9.17, 15) is 28.3 Å². The number of nitrogens with zero attached hydrogens (tertiary/aromatic N) is 1. The maximum atomic E-state index is 13.2. The van der Waals surface area contributed by atoms with Gasteiger partial charge >= 0.3 is 12.1 Å². The van der Waals surface area contributed by atoms with Gasteiger partial charge < -0.3 is 15.2 Å². The highest BCUT2D eigenvalue weighted by molar-refractivity contribution is 9.10. The summed E-state index contributed by atoms with van der Waals surface area (Å²) in [6.07, 6.45) is -2.83. The molecule has 0 spiro atoms. The SMILES string of the molecule is CC(C)(C)OC(=O)NC(Cc1cc(Br)cc(C(F)F)c1)C(=O)N1CCCC(C(=O)O)N1. The molecule has 3 N–H and O–H groups in total. The second-order valence-electron chi connectivity index (χ2n) is 8.25.